The molecule has 1 atom stereocenters. The molecule has 7 heteroatoms. The average Bonchev–Trinajstić information content (AvgIpc) is 2.73. The third kappa shape index (κ3) is 5.37. The molecule has 1 aliphatic heterocycles. The number of hydrogen-bond acceptors (Lipinski definition) is 4. The van der Waals surface area contributed by atoms with Crippen molar-refractivity contribution in [2.24, 2.45) is 5.92 Å². The molecule has 0 spiro atoms. The Balaban J connectivity index is 1.49. The van der Waals surface area contributed by atoms with Crippen LogP contribution >= 0.6 is 11.8 Å². The van der Waals surface area contributed by atoms with Gasteiger partial charge >= 0.3 is 0 Å². The molecule has 1 N–H and O–H groups in total. The molecule has 2 aromatic carbocycles. The molecule has 150 valence electrons. The molecule has 2 aromatic rings. The van der Waals surface area contributed by atoms with Gasteiger partial charge in [0.05, 0.1) is 10.8 Å². The third-order valence-electron chi connectivity index (χ3n) is 4.83. The summed E-state index contributed by atoms with van der Waals surface area (Å²) < 4.78 is 27.0. The monoisotopic (exact) mass is 418 g/mol. The second-order valence-corrected chi connectivity index (χ2v) is 10.1. The number of carbonyl (C=O) groups is 1. The number of nitrogens with one attached hydrogen (secondary N) is 1. The Morgan fingerprint density at radius 1 is 1.14 bits per heavy atom. The summed E-state index contributed by atoms with van der Waals surface area (Å²) in [6.07, 6.45) is 1.42. The molecule has 5 nitrogen and oxygen atoms in total. The molecule has 1 heterocycles. The van der Waals surface area contributed by atoms with E-state index >= 15 is 0 Å². The summed E-state index contributed by atoms with van der Waals surface area (Å²) >= 11 is 1.70. The number of thioether (sulfide) groups is 1. The predicted octanol–water partition coefficient (Wildman–Crippen LogP) is 3.30. The van der Waals surface area contributed by atoms with E-state index in [1.807, 2.05) is 0 Å². The summed E-state index contributed by atoms with van der Waals surface area (Å²) in [6.45, 7) is 3.33. The van der Waals surface area contributed by atoms with E-state index in [1.165, 1.54) is 14.8 Å². The zero-order valence-electron chi connectivity index (χ0n) is 16.0. The fraction of sp³-hybridized carbons (Fsp3) is 0.381. The lowest BCUT2D eigenvalue weighted by atomic mass is 9.99. The number of nitrogens with zero attached hydrogens (tertiary/aromatic N) is 1. The number of rotatable bonds is 7. The quantitative estimate of drug-likeness (QED) is 0.553. The van der Waals surface area contributed by atoms with Crippen LogP contribution in [0.15, 0.2) is 64.4 Å². The molecule has 0 unspecified atom stereocenters. The van der Waals surface area contributed by atoms with Gasteiger partial charge in [-0.3, -0.25) is 4.79 Å². The van der Waals surface area contributed by atoms with Gasteiger partial charge in [-0.05, 0) is 44.0 Å². The number of benzene rings is 2. The molecule has 1 fully saturated rings. The Morgan fingerprint density at radius 2 is 1.86 bits per heavy atom. The summed E-state index contributed by atoms with van der Waals surface area (Å²) in [5.41, 5.74) is 1.23. The van der Waals surface area contributed by atoms with Crippen LogP contribution in [0.5, 0.6) is 0 Å². The molecule has 3 rings (SSSR count). The molecule has 0 bridgehead atoms. The highest BCUT2D eigenvalue weighted by atomic mass is 32.2. The summed E-state index contributed by atoms with van der Waals surface area (Å²) in [7, 11) is -3.54. The Bertz CT molecular complexity index is 884. The van der Waals surface area contributed by atoms with Crippen molar-refractivity contribution in [2.75, 3.05) is 25.4 Å². The third-order valence-corrected chi connectivity index (χ3v) is 7.72. The standard InChI is InChI=1S/C21H26N2O3S2/c1-17-9-11-19(12-10-17)27-15-13-22-21(24)18-6-5-14-23(16-18)28(25,26)20-7-3-2-4-8-20/h2-4,7-12,18H,5-6,13-16H2,1H3,(H,22,24)/t18-/m1/s1. The van der Waals surface area contributed by atoms with E-state index < -0.39 is 10.0 Å². The van der Waals surface area contributed by atoms with Gasteiger partial charge in [0.15, 0.2) is 0 Å². The van der Waals surface area contributed by atoms with E-state index in [0.29, 0.717) is 19.5 Å². The molecule has 1 saturated heterocycles. The lowest BCUT2D eigenvalue weighted by molar-refractivity contribution is -0.125. The van der Waals surface area contributed by atoms with Gasteiger partial charge < -0.3 is 5.32 Å². The van der Waals surface area contributed by atoms with Crippen LogP contribution in [-0.4, -0.2) is 44.0 Å². The number of sulfonamides is 1. The second kappa shape index (κ2) is 9.58. The number of amides is 1. The fourth-order valence-electron chi connectivity index (χ4n) is 3.24. The van der Waals surface area contributed by atoms with Crippen LogP contribution in [0.4, 0.5) is 0 Å². The Kier molecular flexibility index (Phi) is 7.15. The smallest absolute Gasteiger partial charge is 0.243 e. The zero-order valence-corrected chi connectivity index (χ0v) is 17.6. The lowest BCUT2D eigenvalue weighted by Crippen LogP contribution is -2.45. The maximum Gasteiger partial charge on any atom is 0.243 e. The van der Waals surface area contributed by atoms with Crippen molar-refractivity contribution in [2.45, 2.75) is 29.6 Å². The molecule has 28 heavy (non-hydrogen) atoms. The van der Waals surface area contributed by atoms with Gasteiger partial charge in [-0.25, -0.2) is 8.42 Å². The van der Waals surface area contributed by atoms with E-state index in [1.54, 1.807) is 42.1 Å². The Morgan fingerprint density at radius 3 is 2.57 bits per heavy atom. The summed E-state index contributed by atoms with van der Waals surface area (Å²) in [5.74, 6) is 0.433. The second-order valence-electron chi connectivity index (χ2n) is 6.97. The van der Waals surface area contributed by atoms with Crippen molar-refractivity contribution in [1.82, 2.24) is 9.62 Å². The Hall–Kier alpha value is -1.83. The minimum Gasteiger partial charge on any atom is -0.355 e. The summed E-state index contributed by atoms with van der Waals surface area (Å²) in [6, 6.07) is 16.7. The topological polar surface area (TPSA) is 66.5 Å². The maximum atomic E-state index is 12.8. The molecule has 0 aliphatic carbocycles. The summed E-state index contributed by atoms with van der Waals surface area (Å²) in [5, 5.41) is 2.96. The van der Waals surface area contributed by atoms with Crippen LogP contribution in [-0.2, 0) is 14.8 Å². The predicted molar refractivity (Wildman–Crippen MR) is 113 cm³/mol. The van der Waals surface area contributed by atoms with E-state index in [9.17, 15) is 13.2 Å². The van der Waals surface area contributed by atoms with Crippen LogP contribution in [0, 0.1) is 12.8 Å². The van der Waals surface area contributed by atoms with Gasteiger partial charge in [0.25, 0.3) is 0 Å². The number of carbonyl (C=O) groups excluding carboxylic acids is 1. The number of aryl methyl sites for hydroxylation is 1. The average molecular weight is 419 g/mol. The zero-order chi connectivity index (χ0) is 20.0. The molecule has 1 amide bonds. The molecule has 0 saturated carbocycles. The van der Waals surface area contributed by atoms with Crippen LogP contribution < -0.4 is 5.32 Å². The molecular weight excluding hydrogens is 392 g/mol. The minimum absolute atomic E-state index is 0.0579. The summed E-state index contributed by atoms with van der Waals surface area (Å²) in [4.78, 5) is 14.0. The van der Waals surface area contributed by atoms with Gasteiger partial charge in [0, 0.05) is 30.3 Å². The van der Waals surface area contributed by atoms with Crippen molar-refractivity contribution in [3.63, 3.8) is 0 Å². The van der Waals surface area contributed by atoms with Crippen LogP contribution in [0.1, 0.15) is 18.4 Å². The van der Waals surface area contributed by atoms with Gasteiger partial charge in [-0.1, -0.05) is 35.9 Å². The van der Waals surface area contributed by atoms with Crippen molar-refractivity contribution in [3.8, 4) is 0 Å². The van der Waals surface area contributed by atoms with Gasteiger partial charge in [0.2, 0.25) is 15.9 Å². The van der Waals surface area contributed by atoms with Gasteiger partial charge in [-0.15, -0.1) is 11.8 Å². The first-order valence-corrected chi connectivity index (χ1v) is 11.9. The largest absolute Gasteiger partial charge is 0.355 e. The van der Waals surface area contributed by atoms with Crippen molar-refractivity contribution in [1.29, 1.82) is 0 Å². The molecule has 0 radical (unpaired) electrons. The first-order chi connectivity index (χ1) is 13.5. The van der Waals surface area contributed by atoms with E-state index in [2.05, 4.69) is 36.5 Å². The molecule has 0 aromatic heterocycles. The number of hydrogen-bond donors (Lipinski definition) is 1. The van der Waals surface area contributed by atoms with E-state index in [0.717, 1.165) is 12.2 Å². The van der Waals surface area contributed by atoms with Crippen molar-refractivity contribution >= 4 is 27.7 Å². The van der Waals surface area contributed by atoms with Crippen LogP contribution in [0.25, 0.3) is 0 Å². The molecular formula is C21H26N2O3S2. The maximum absolute atomic E-state index is 12.8. The first kappa shape index (κ1) is 20.9. The van der Waals surface area contributed by atoms with Crippen LogP contribution in [0.2, 0.25) is 0 Å². The van der Waals surface area contributed by atoms with Gasteiger partial charge in [-0.2, -0.15) is 4.31 Å². The highest BCUT2D eigenvalue weighted by molar-refractivity contribution is 7.99. The lowest BCUT2D eigenvalue weighted by Gasteiger charge is -2.31. The van der Waals surface area contributed by atoms with Crippen molar-refractivity contribution < 1.29 is 13.2 Å². The first-order valence-electron chi connectivity index (χ1n) is 9.49. The number of piperidine rings is 1. The van der Waals surface area contributed by atoms with E-state index in [-0.39, 0.29) is 23.3 Å². The van der Waals surface area contributed by atoms with Crippen molar-refractivity contribution in [3.05, 3.63) is 60.2 Å². The fourth-order valence-corrected chi connectivity index (χ4v) is 5.55. The SMILES string of the molecule is Cc1ccc(SCCNC(=O)[C@@H]2CCCN(S(=O)(=O)c3ccccc3)C2)cc1. The van der Waals surface area contributed by atoms with E-state index in [4.69, 9.17) is 0 Å². The van der Waals surface area contributed by atoms with Gasteiger partial charge in [0.1, 0.15) is 0 Å². The normalized spacial score (nSPS) is 18.0. The minimum atomic E-state index is -3.54. The Labute approximate surface area is 171 Å². The molecule has 1 aliphatic rings. The van der Waals surface area contributed by atoms with Crippen LogP contribution in [0.3, 0.4) is 0 Å². The highest BCUT2D eigenvalue weighted by Crippen LogP contribution is 2.24. The highest BCUT2D eigenvalue weighted by Gasteiger charge is 2.33.